The standard InChI is InChI=1S/C44H28Br4N4/c45-29-9-1-25(2-10-29)41-33-17-19-35(49-33)42(26-3-11-30(46)12-4-26)37-21-23-39(51-37)44(28-7-15-32(48)16-8-28)40-24-22-38(52-40)43(36-20-18-34(41)50-36)27-5-13-31(47)14-6-27/h1-24,49-52H. The molecule has 0 aliphatic carbocycles. The zero-order chi connectivity index (χ0) is 35.3. The highest BCUT2D eigenvalue weighted by Gasteiger charge is 2.18. The van der Waals surface area contributed by atoms with Gasteiger partial charge in [-0.3, -0.25) is 0 Å². The van der Waals surface area contributed by atoms with E-state index in [1.54, 1.807) is 0 Å². The van der Waals surface area contributed by atoms with Gasteiger partial charge in [0.1, 0.15) is 0 Å². The van der Waals surface area contributed by atoms with E-state index in [0.717, 1.165) is 107 Å². The first-order valence-electron chi connectivity index (χ1n) is 16.7. The Bertz CT molecular complexity index is 2460. The van der Waals surface area contributed by atoms with Crippen LogP contribution in [-0.2, 0) is 0 Å². The summed E-state index contributed by atoms with van der Waals surface area (Å²) in [5, 5.41) is 4.03. The van der Waals surface area contributed by atoms with Gasteiger partial charge in [0.15, 0.2) is 0 Å². The van der Waals surface area contributed by atoms with Gasteiger partial charge in [-0.2, -0.15) is 0 Å². The third-order valence-electron chi connectivity index (χ3n) is 9.43. The zero-order valence-electron chi connectivity index (χ0n) is 27.4. The second kappa shape index (κ2) is 13.7. The first-order chi connectivity index (χ1) is 25.4. The summed E-state index contributed by atoms with van der Waals surface area (Å²) in [5.41, 5.74) is 12.7. The third kappa shape index (κ3) is 6.28. The van der Waals surface area contributed by atoms with Gasteiger partial charge in [-0.1, -0.05) is 112 Å². The maximum atomic E-state index is 3.85. The van der Waals surface area contributed by atoms with Crippen LogP contribution in [0.15, 0.2) is 163 Å². The average Bonchev–Trinajstić information content (AvgIpc) is 3.99. The molecule has 0 unspecified atom stereocenters. The Morgan fingerprint density at radius 1 is 0.231 bits per heavy atom. The summed E-state index contributed by atoms with van der Waals surface area (Å²) in [6, 6.07) is 51.5. The van der Waals surface area contributed by atoms with Crippen molar-refractivity contribution in [2.24, 2.45) is 0 Å². The minimum absolute atomic E-state index is 1.01. The highest BCUT2D eigenvalue weighted by molar-refractivity contribution is 9.11. The lowest BCUT2D eigenvalue weighted by atomic mass is 10.0. The predicted molar refractivity (Wildman–Crippen MR) is 225 cm³/mol. The summed E-state index contributed by atoms with van der Waals surface area (Å²) in [5.74, 6) is 0. The molecule has 8 bridgehead atoms. The number of hydrogen-bond donors (Lipinski definition) is 4. The van der Waals surface area contributed by atoms with Gasteiger partial charge < -0.3 is 19.9 Å². The van der Waals surface area contributed by atoms with E-state index in [1.807, 2.05) is 0 Å². The Hall–Kier alpha value is -4.60. The largest absolute Gasteiger partial charge is 0.354 e. The second-order valence-corrected chi connectivity index (χ2v) is 16.3. The van der Waals surface area contributed by atoms with Gasteiger partial charge in [-0.15, -0.1) is 0 Å². The molecule has 0 saturated heterocycles. The molecule has 0 saturated carbocycles. The Balaban J connectivity index is 1.43. The third-order valence-corrected chi connectivity index (χ3v) is 11.5. The molecule has 1 aliphatic heterocycles. The number of H-pyrrole nitrogens is 4. The Kier molecular flexibility index (Phi) is 8.79. The summed E-state index contributed by atoms with van der Waals surface area (Å²) in [6.07, 6.45) is 0. The molecule has 8 aromatic rings. The van der Waals surface area contributed by atoms with Crippen LogP contribution in [-0.4, -0.2) is 19.9 Å². The van der Waals surface area contributed by atoms with Crippen LogP contribution in [0.4, 0.5) is 0 Å². The molecule has 0 fully saturated rings. The fourth-order valence-corrected chi connectivity index (χ4v) is 8.09. The van der Waals surface area contributed by atoms with Crippen molar-refractivity contribution < 1.29 is 0 Å². The van der Waals surface area contributed by atoms with Crippen molar-refractivity contribution in [3.05, 3.63) is 230 Å². The SMILES string of the molecule is Brc1ccc(C2=c3ccc([nH]3)=C(c3ccc(Br)cc3)c3ccc([nH]3)C(c3ccc(Br)cc3)=c3ccc([nH]3)=C(c3ccc(Br)cc3)c3ccc2[nH]3)cc1. The molecule has 0 amide bonds. The van der Waals surface area contributed by atoms with Gasteiger partial charge in [-0.05, 0) is 119 Å². The molecule has 252 valence electrons. The van der Waals surface area contributed by atoms with E-state index in [1.165, 1.54) is 0 Å². The van der Waals surface area contributed by atoms with Crippen LogP contribution in [0.3, 0.4) is 0 Å². The Morgan fingerprint density at radius 3 is 0.654 bits per heavy atom. The number of rotatable bonds is 4. The highest BCUT2D eigenvalue weighted by atomic mass is 79.9. The fraction of sp³-hybridized carbons (Fsp3) is 0. The van der Waals surface area contributed by atoms with Crippen molar-refractivity contribution >= 4 is 86.0 Å². The van der Waals surface area contributed by atoms with Crippen LogP contribution in [0.1, 0.15) is 45.0 Å². The summed E-state index contributed by atoms with van der Waals surface area (Å²) >= 11 is 14.6. The molecule has 52 heavy (non-hydrogen) atoms. The highest BCUT2D eigenvalue weighted by Crippen LogP contribution is 2.29. The number of aromatic nitrogens is 4. The van der Waals surface area contributed by atoms with Gasteiger partial charge in [-0.25, -0.2) is 0 Å². The quantitative estimate of drug-likeness (QED) is 0.136. The second-order valence-electron chi connectivity index (χ2n) is 12.7. The van der Waals surface area contributed by atoms with Gasteiger partial charge >= 0.3 is 0 Å². The lowest BCUT2D eigenvalue weighted by Crippen LogP contribution is -2.19. The Labute approximate surface area is 333 Å². The predicted octanol–water partition coefficient (Wildman–Crippen LogP) is 9.35. The van der Waals surface area contributed by atoms with E-state index in [-0.39, 0.29) is 0 Å². The van der Waals surface area contributed by atoms with E-state index in [4.69, 9.17) is 0 Å². The number of hydrogen-bond acceptors (Lipinski definition) is 0. The van der Waals surface area contributed by atoms with Crippen molar-refractivity contribution in [3.63, 3.8) is 0 Å². The molecule has 5 heterocycles. The number of benzene rings is 4. The first-order valence-corrected chi connectivity index (χ1v) is 19.9. The van der Waals surface area contributed by atoms with Gasteiger partial charge in [0.2, 0.25) is 0 Å². The van der Waals surface area contributed by atoms with E-state index in [0.29, 0.717) is 0 Å². The summed E-state index contributed by atoms with van der Waals surface area (Å²) in [4.78, 5) is 15.4. The topological polar surface area (TPSA) is 63.2 Å². The first kappa shape index (κ1) is 33.3. The molecule has 4 nitrogen and oxygen atoms in total. The van der Waals surface area contributed by atoms with Gasteiger partial charge in [0.05, 0.1) is 0 Å². The van der Waals surface area contributed by atoms with Crippen molar-refractivity contribution in [2.75, 3.05) is 0 Å². The molecular formula is C44H28Br4N4. The molecule has 9 rings (SSSR count). The molecule has 4 N–H and O–H groups in total. The molecular weight excluding hydrogens is 904 g/mol. The zero-order valence-corrected chi connectivity index (χ0v) is 33.7. The molecule has 8 heteroatoms. The molecule has 0 spiro atoms. The fourth-order valence-electron chi connectivity index (χ4n) is 7.04. The van der Waals surface area contributed by atoms with Crippen molar-refractivity contribution in [1.29, 1.82) is 0 Å². The monoisotopic (exact) mass is 928 g/mol. The maximum Gasteiger partial charge on any atom is 0.0485 e. The minimum Gasteiger partial charge on any atom is -0.354 e. The van der Waals surface area contributed by atoms with Crippen molar-refractivity contribution in [1.82, 2.24) is 19.9 Å². The number of fused-ring (bicyclic) bond motifs is 8. The van der Waals surface area contributed by atoms with Crippen LogP contribution in [0.5, 0.6) is 0 Å². The molecule has 4 aromatic heterocycles. The number of halogens is 4. The van der Waals surface area contributed by atoms with E-state index in [2.05, 4.69) is 229 Å². The van der Waals surface area contributed by atoms with Crippen LogP contribution in [0, 0.1) is 0 Å². The molecule has 4 aromatic carbocycles. The minimum atomic E-state index is 1.01. The van der Waals surface area contributed by atoms with E-state index < -0.39 is 0 Å². The summed E-state index contributed by atoms with van der Waals surface area (Å²) in [6.45, 7) is 0. The van der Waals surface area contributed by atoms with Crippen LogP contribution >= 0.6 is 63.7 Å². The molecule has 0 radical (unpaired) electrons. The van der Waals surface area contributed by atoms with Crippen LogP contribution in [0.2, 0.25) is 0 Å². The molecule has 1 aliphatic rings. The van der Waals surface area contributed by atoms with Crippen molar-refractivity contribution in [2.45, 2.75) is 0 Å². The average molecular weight is 932 g/mol. The molecule has 0 atom stereocenters. The number of nitrogens with one attached hydrogen (secondary N) is 4. The normalized spacial score (nSPS) is 12.8. The van der Waals surface area contributed by atoms with E-state index >= 15 is 0 Å². The van der Waals surface area contributed by atoms with Crippen molar-refractivity contribution in [3.8, 4) is 0 Å². The summed E-state index contributed by atoms with van der Waals surface area (Å²) in [7, 11) is 0. The van der Waals surface area contributed by atoms with Gasteiger partial charge in [0.25, 0.3) is 0 Å². The summed E-state index contributed by atoms with van der Waals surface area (Å²) < 4.78 is 4.13. The lowest BCUT2D eigenvalue weighted by molar-refractivity contribution is 1.19. The van der Waals surface area contributed by atoms with E-state index in [9.17, 15) is 0 Å². The number of aromatic amines is 4. The van der Waals surface area contributed by atoms with Gasteiger partial charge in [0, 0.05) is 84.4 Å². The Morgan fingerprint density at radius 2 is 0.442 bits per heavy atom. The maximum absolute atomic E-state index is 3.85. The smallest absolute Gasteiger partial charge is 0.0485 e. The van der Waals surface area contributed by atoms with Crippen LogP contribution < -0.4 is 21.4 Å². The lowest BCUT2D eigenvalue weighted by Gasteiger charge is -2.10. The van der Waals surface area contributed by atoms with Crippen LogP contribution in [0.25, 0.3) is 22.3 Å².